The monoisotopic (exact) mass is 233 g/mol. The van der Waals surface area contributed by atoms with Crippen molar-refractivity contribution < 1.29 is 19.4 Å². The van der Waals surface area contributed by atoms with Crippen LogP contribution in [0.1, 0.15) is 16.1 Å². The van der Waals surface area contributed by atoms with Crippen molar-refractivity contribution in [2.24, 2.45) is 0 Å². The number of nitrogens with one attached hydrogen (secondary N) is 1. The van der Waals surface area contributed by atoms with E-state index >= 15 is 0 Å². The molecule has 88 valence electrons. The third-order valence-electron chi connectivity index (χ3n) is 2.86. The maximum Gasteiger partial charge on any atom is 0.338 e. The first-order valence-corrected chi connectivity index (χ1v) is 5.32. The van der Waals surface area contributed by atoms with Crippen LogP contribution in [0.2, 0.25) is 0 Å². The van der Waals surface area contributed by atoms with Gasteiger partial charge in [0.15, 0.2) is 11.5 Å². The van der Waals surface area contributed by atoms with Gasteiger partial charge in [0.2, 0.25) is 0 Å². The minimum Gasteiger partial charge on any atom is -0.486 e. The summed E-state index contributed by atoms with van der Waals surface area (Å²) in [6.07, 6.45) is 0. The van der Waals surface area contributed by atoms with Crippen LogP contribution in [-0.4, -0.2) is 29.3 Å². The van der Waals surface area contributed by atoms with E-state index in [1.165, 1.54) is 0 Å². The number of aryl methyl sites for hydroxylation is 1. The predicted octanol–water partition coefficient (Wildman–Crippen LogP) is 1.95. The molecule has 5 nitrogen and oxygen atoms in total. The maximum atomic E-state index is 11.2. The molecule has 1 aliphatic heterocycles. The first-order chi connectivity index (χ1) is 8.16. The van der Waals surface area contributed by atoms with Gasteiger partial charge in [-0.1, -0.05) is 0 Å². The Morgan fingerprint density at radius 1 is 1.29 bits per heavy atom. The van der Waals surface area contributed by atoms with Gasteiger partial charge in [0.25, 0.3) is 0 Å². The highest BCUT2D eigenvalue weighted by molar-refractivity contribution is 6.05. The van der Waals surface area contributed by atoms with Crippen LogP contribution in [-0.2, 0) is 0 Å². The number of carboxylic acids is 1. The van der Waals surface area contributed by atoms with Gasteiger partial charge in [-0.15, -0.1) is 0 Å². The summed E-state index contributed by atoms with van der Waals surface area (Å²) in [6, 6.07) is 3.50. The molecule has 0 amide bonds. The summed E-state index contributed by atoms with van der Waals surface area (Å²) < 4.78 is 10.9. The fraction of sp³-hybridized carbons (Fsp3) is 0.250. The van der Waals surface area contributed by atoms with Crippen molar-refractivity contribution in [1.82, 2.24) is 4.98 Å². The summed E-state index contributed by atoms with van der Waals surface area (Å²) in [4.78, 5) is 14.2. The average molecular weight is 233 g/mol. The zero-order valence-corrected chi connectivity index (χ0v) is 9.24. The van der Waals surface area contributed by atoms with Crippen LogP contribution in [0.5, 0.6) is 11.5 Å². The standard InChI is InChI=1S/C12H11NO4/c1-6-11(12(14)15)7-4-9-10(5-8(7)13-6)17-3-2-16-9/h4-5,13H,2-3H2,1H3,(H,14,15). The number of carbonyl (C=O) groups is 1. The minimum absolute atomic E-state index is 0.289. The third kappa shape index (κ3) is 1.43. The van der Waals surface area contributed by atoms with E-state index in [-0.39, 0.29) is 5.56 Å². The molecule has 2 aromatic rings. The van der Waals surface area contributed by atoms with Gasteiger partial charge in [-0.2, -0.15) is 0 Å². The minimum atomic E-state index is -0.939. The summed E-state index contributed by atoms with van der Waals surface area (Å²) in [5.41, 5.74) is 1.68. The lowest BCUT2D eigenvalue weighted by atomic mass is 10.1. The molecule has 0 atom stereocenters. The molecule has 0 spiro atoms. The molecule has 0 radical (unpaired) electrons. The third-order valence-corrected chi connectivity index (χ3v) is 2.86. The normalized spacial score (nSPS) is 13.9. The number of benzene rings is 1. The Balaban J connectivity index is 2.30. The Morgan fingerprint density at radius 3 is 2.59 bits per heavy atom. The van der Waals surface area contributed by atoms with Crippen molar-refractivity contribution in [2.45, 2.75) is 6.92 Å². The second-order valence-electron chi connectivity index (χ2n) is 3.97. The SMILES string of the molecule is Cc1[nH]c2cc3c(cc2c1C(=O)O)OCCO3. The molecular weight excluding hydrogens is 222 g/mol. The fourth-order valence-electron chi connectivity index (χ4n) is 2.14. The van der Waals surface area contributed by atoms with Crippen LogP contribution in [0.3, 0.4) is 0 Å². The molecule has 0 aliphatic carbocycles. The summed E-state index contributed by atoms with van der Waals surface area (Å²) >= 11 is 0. The molecule has 5 heteroatoms. The van der Waals surface area contributed by atoms with E-state index in [1.807, 2.05) is 0 Å². The lowest BCUT2D eigenvalue weighted by Crippen LogP contribution is -2.15. The highest BCUT2D eigenvalue weighted by Gasteiger charge is 2.19. The number of hydrogen-bond acceptors (Lipinski definition) is 3. The van der Waals surface area contributed by atoms with Gasteiger partial charge in [0.1, 0.15) is 13.2 Å². The summed E-state index contributed by atoms with van der Waals surface area (Å²) in [7, 11) is 0. The van der Waals surface area contributed by atoms with Gasteiger partial charge in [-0.25, -0.2) is 4.79 Å². The largest absolute Gasteiger partial charge is 0.486 e. The molecule has 0 bridgehead atoms. The number of carboxylic acid groups (broad SMARTS) is 1. The van der Waals surface area contributed by atoms with E-state index in [0.717, 1.165) is 5.52 Å². The van der Waals surface area contributed by atoms with Crippen LogP contribution < -0.4 is 9.47 Å². The van der Waals surface area contributed by atoms with Crippen LogP contribution in [0.4, 0.5) is 0 Å². The maximum absolute atomic E-state index is 11.2. The van der Waals surface area contributed by atoms with Crippen molar-refractivity contribution in [3.8, 4) is 11.5 Å². The first kappa shape index (κ1) is 10.0. The molecule has 0 fully saturated rings. The number of hydrogen-bond donors (Lipinski definition) is 2. The zero-order chi connectivity index (χ0) is 12.0. The van der Waals surface area contributed by atoms with E-state index in [4.69, 9.17) is 14.6 Å². The molecule has 1 aliphatic rings. The Labute approximate surface area is 97.0 Å². The molecule has 1 aromatic heterocycles. The van der Waals surface area contributed by atoms with Gasteiger partial charge >= 0.3 is 5.97 Å². The molecule has 1 aromatic carbocycles. The number of H-pyrrole nitrogens is 1. The first-order valence-electron chi connectivity index (χ1n) is 5.32. The highest BCUT2D eigenvalue weighted by atomic mass is 16.6. The molecule has 2 N–H and O–H groups in total. The molecule has 3 rings (SSSR count). The van der Waals surface area contributed by atoms with Gasteiger partial charge in [-0.3, -0.25) is 0 Å². The summed E-state index contributed by atoms with van der Waals surface area (Å²) in [6.45, 7) is 2.75. The van der Waals surface area contributed by atoms with Gasteiger partial charge in [0.05, 0.1) is 11.1 Å². The molecule has 17 heavy (non-hydrogen) atoms. The van der Waals surface area contributed by atoms with Crippen LogP contribution in [0.25, 0.3) is 10.9 Å². The lowest BCUT2D eigenvalue weighted by Gasteiger charge is -2.18. The Hall–Kier alpha value is -2.17. The number of aromatic carboxylic acids is 1. The molecule has 0 unspecified atom stereocenters. The van der Waals surface area contributed by atoms with Crippen LogP contribution >= 0.6 is 0 Å². The summed E-state index contributed by atoms with van der Waals surface area (Å²) in [5, 5.41) is 9.82. The number of aromatic amines is 1. The Kier molecular flexibility index (Phi) is 2.01. The Morgan fingerprint density at radius 2 is 1.94 bits per heavy atom. The smallest absolute Gasteiger partial charge is 0.338 e. The molecule has 0 saturated heterocycles. The van der Waals surface area contributed by atoms with Crippen molar-refractivity contribution >= 4 is 16.9 Å². The van der Waals surface area contributed by atoms with E-state index in [0.29, 0.717) is 35.8 Å². The quantitative estimate of drug-likeness (QED) is 0.789. The number of ether oxygens (including phenoxy) is 2. The Bertz CT molecular complexity index is 614. The second kappa shape index (κ2) is 3.41. The molecule has 2 heterocycles. The van der Waals surface area contributed by atoms with E-state index in [2.05, 4.69) is 4.98 Å². The van der Waals surface area contributed by atoms with E-state index in [9.17, 15) is 4.79 Å². The van der Waals surface area contributed by atoms with Gasteiger partial charge < -0.3 is 19.6 Å². The predicted molar refractivity (Wildman–Crippen MR) is 61.0 cm³/mol. The summed E-state index contributed by atoms with van der Waals surface area (Å²) in [5.74, 6) is 0.317. The number of rotatable bonds is 1. The van der Waals surface area contributed by atoms with Gasteiger partial charge in [-0.05, 0) is 13.0 Å². The van der Waals surface area contributed by atoms with Crippen LogP contribution in [0.15, 0.2) is 12.1 Å². The molecule has 0 saturated carbocycles. The highest BCUT2D eigenvalue weighted by Crippen LogP contribution is 2.36. The van der Waals surface area contributed by atoms with Crippen molar-refractivity contribution in [1.29, 1.82) is 0 Å². The topological polar surface area (TPSA) is 71.6 Å². The average Bonchev–Trinajstić information content (AvgIpc) is 2.60. The van der Waals surface area contributed by atoms with Crippen LogP contribution in [0, 0.1) is 6.92 Å². The van der Waals surface area contributed by atoms with Crippen molar-refractivity contribution in [3.63, 3.8) is 0 Å². The lowest BCUT2D eigenvalue weighted by molar-refractivity contribution is 0.0698. The number of aromatic nitrogens is 1. The van der Waals surface area contributed by atoms with Gasteiger partial charge in [0, 0.05) is 17.1 Å². The zero-order valence-electron chi connectivity index (χ0n) is 9.24. The van der Waals surface area contributed by atoms with Crippen molar-refractivity contribution in [2.75, 3.05) is 13.2 Å². The second-order valence-corrected chi connectivity index (χ2v) is 3.97. The van der Waals surface area contributed by atoms with Crippen molar-refractivity contribution in [3.05, 3.63) is 23.4 Å². The van der Waals surface area contributed by atoms with E-state index in [1.54, 1.807) is 19.1 Å². The fourth-order valence-corrected chi connectivity index (χ4v) is 2.14. The number of fused-ring (bicyclic) bond motifs is 2. The molecular formula is C12H11NO4. The van der Waals surface area contributed by atoms with E-state index < -0.39 is 5.97 Å².